The Morgan fingerprint density at radius 3 is 3.08 bits per heavy atom. The summed E-state index contributed by atoms with van der Waals surface area (Å²) < 4.78 is 0. The molecule has 2 rings (SSSR count). The number of hydrogen-bond donors (Lipinski definition) is 0. The monoisotopic (exact) mass is 199 g/mol. The van der Waals surface area contributed by atoms with Crippen LogP contribution in [0.3, 0.4) is 0 Å². The first-order valence-electron chi connectivity index (χ1n) is 3.16. The highest BCUT2D eigenvalue weighted by Gasteiger charge is 1.93. The van der Waals surface area contributed by atoms with Crippen molar-refractivity contribution in [2.45, 2.75) is 5.16 Å². The third-order valence-corrected chi connectivity index (χ3v) is 2.05. The molecule has 0 amide bonds. The molecular weight excluding hydrogens is 196 g/mol. The standard InChI is InChI=1S/C6H4ClN4S/c1-12-6-9-3-2-8-5(7)10-4(3)11-6/h2H,1H3/q-1. The lowest BCUT2D eigenvalue weighted by molar-refractivity contribution is 1.06. The fourth-order valence-corrected chi connectivity index (χ4v) is 1.31. The van der Waals surface area contributed by atoms with Gasteiger partial charge < -0.3 is 15.0 Å². The minimum atomic E-state index is 0.204. The van der Waals surface area contributed by atoms with Gasteiger partial charge in [-0.3, -0.25) is 0 Å². The largest absolute Gasteiger partial charge is 0.353 e. The first-order valence-corrected chi connectivity index (χ1v) is 4.77. The van der Waals surface area contributed by atoms with Crippen LogP contribution in [0.15, 0.2) is 11.4 Å². The molecule has 0 spiro atoms. The van der Waals surface area contributed by atoms with Gasteiger partial charge in [0.1, 0.15) is 0 Å². The maximum absolute atomic E-state index is 5.57. The van der Waals surface area contributed by atoms with Crippen LogP contribution >= 0.6 is 23.4 Å². The average molecular weight is 200 g/mol. The SMILES string of the molecule is CSc1nc2cnc(Cl)nc2[n-]1. The molecule has 2 aromatic heterocycles. The minimum Gasteiger partial charge on any atom is -0.353 e. The Morgan fingerprint density at radius 2 is 2.33 bits per heavy atom. The van der Waals surface area contributed by atoms with Gasteiger partial charge in [-0.25, -0.2) is 4.98 Å². The Hall–Kier alpha value is -0.810. The van der Waals surface area contributed by atoms with Crippen LogP contribution in [-0.4, -0.2) is 21.2 Å². The Labute approximate surface area is 77.8 Å². The van der Waals surface area contributed by atoms with Crippen LogP contribution in [0, 0.1) is 0 Å². The zero-order chi connectivity index (χ0) is 8.55. The number of nitrogens with zero attached hydrogens (tertiary/aromatic N) is 4. The van der Waals surface area contributed by atoms with Crippen molar-refractivity contribution >= 4 is 34.5 Å². The summed E-state index contributed by atoms with van der Waals surface area (Å²) in [4.78, 5) is 16.0. The zero-order valence-corrected chi connectivity index (χ0v) is 7.72. The van der Waals surface area contributed by atoms with E-state index in [1.165, 1.54) is 11.8 Å². The molecule has 0 aromatic carbocycles. The predicted octanol–water partition coefficient (Wildman–Crippen LogP) is 1.36. The molecule has 6 heteroatoms. The number of rotatable bonds is 1. The van der Waals surface area contributed by atoms with Gasteiger partial charge in [-0.2, -0.15) is 0 Å². The second kappa shape index (κ2) is 2.91. The van der Waals surface area contributed by atoms with Crippen LogP contribution in [0.2, 0.25) is 5.28 Å². The van der Waals surface area contributed by atoms with Gasteiger partial charge in [0, 0.05) is 22.5 Å². The number of thioether (sulfide) groups is 1. The van der Waals surface area contributed by atoms with Crippen molar-refractivity contribution in [2.75, 3.05) is 6.26 Å². The predicted molar refractivity (Wildman–Crippen MR) is 47.4 cm³/mol. The molecule has 0 unspecified atom stereocenters. The van der Waals surface area contributed by atoms with E-state index in [4.69, 9.17) is 11.6 Å². The van der Waals surface area contributed by atoms with Crippen LogP contribution < -0.4 is 4.98 Å². The van der Waals surface area contributed by atoms with Crippen molar-refractivity contribution in [2.24, 2.45) is 0 Å². The lowest BCUT2D eigenvalue weighted by Gasteiger charge is -1.94. The number of hydrogen-bond acceptors (Lipinski definition) is 4. The van der Waals surface area contributed by atoms with Crippen molar-refractivity contribution in [3.8, 4) is 0 Å². The van der Waals surface area contributed by atoms with E-state index in [9.17, 15) is 0 Å². The van der Waals surface area contributed by atoms with Gasteiger partial charge in [-0.15, -0.1) is 11.8 Å². The number of fused-ring (bicyclic) bond motifs is 1. The summed E-state index contributed by atoms with van der Waals surface area (Å²) in [6.45, 7) is 0. The van der Waals surface area contributed by atoms with E-state index in [-0.39, 0.29) is 5.28 Å². The molecule has 0 saturated heterocycles. The summed E-state index contributed by atoms with van der Waals surface area (Å²) in [5.41, 5.74) is 1.24. The van der Waals surface area contributed by atoms with Crippen LogP contribution in [0.25, 0.3) is 11.2 Å². The zero-order valence-electron chi connectivity index (χ0n) is 6.15. The molecule has 0 fully saturated rings. The molecule has 0 aliphatic rings. The van der Waals surface area contributed by atoms with Gasteiger partial charge >= 0.3 is 0 Å². The normalized spacial score (nSPS) is 10.8. The molecule has 0 saturated carbocycles. The third-order valence-electron chi connectivity index (χ3n) is 1.32. The van der Waals surface area contributed by atoms with E-state index in [1.807, 2.05) is 6.26 Å². The van der Waals surface area contributed by atoms with Gasteiger partial charge in [-0.1, -0.05) is 11.6 Å². The topological polar surface area (TPSA) is 52.8 Å². The third kappa shape index (κ3) is 1.25. The minimum absolute atomic E-state index is 0.204. The highest BCUT2D eigenvalue weighted by molar-refractivity contribution is 7.98. The van der Waals surface area contributed by atoms with Crippen molar-refractivity contribution in [3.63, 3.8) is 0 Å². The Morgan fingerprint density at radius 1 is 1.50 bits per heavy atom. The van der Waals surface area contributed by atoms with Gasteiger partial charge in [0.05, 0.1) is 0 Å². The number of imidazole rings is 1. The second-order valence-electron chi connectivity index (χ2n) is 2.06. The maximum Gasteiger partial charge on any atom is 0.151 e. The Balaban J connectivity index is 2.67. The molecule has 2 aromatic rings. The van der Waals surface area contributed by atoms with Gasteiger partial charge in [0.25, 0.3) is 0 Å². The van der Waals surface area contributed by atoms with E-state index >= 15 is 0 Å². The first-order chi connectivity index (χ1) is 5.79. The molecular formula is C6H4ClN4S-. The fraction of sp³-hybridized carbons (Fsp3) is 0.167. The van der Waals surface area contributed by atoms with Crippen LogP contribution in [0.1, 0.15) is 0 Å². The molecule has 0 bridgehead atoms. The summed E-state index contributed by atoms with van der Waals surface area (Å²) in [6, 6.07) is 0. The first kappa shape index (κ1) is 7.82. The maximum atomic E-state index is 5.57. The molecule has 0 atom stereocenters. The van der Waals surface area contributed by atoms with Crippen LogP contribution in [0.4, 0.5) is 0 Å². The summed E-state index contributed by atoms with van der Waals surface area (Å²) in [5, 5.41) is 0.900. The van der Waals surface area contributed by atoms with E-state index in [1.54, 1.807) is 6.20 Å². The molecule has 12 heavy (non-hydrogen) atoms. The van der Waals surface area contributed by atoms with E-state index in [0.29, 0.717) is 16.3 Å². The lowest BCUT2D eigenvalue weighted by Crippen LogP contribution is -1.82. The van der Waals surface area contributed by atoms with Gasteiger partial charge in [0.15, 0.2) is 5.28 Å². The Kier molecular flexibility index (Phi) is 1.90. The van der Waals surface area contributed by atoms with Crippen LogP contribution in [0.5, 0.6) is 0 Å². The number of halogens is 1. The average Bonchev–Trinajstić information content (AvgIpc) is 2.46. The molecule has 2 heterocycles. The molecule has 0 aliphatic carbocycles. The smallest absolute Gasteiger partial charge is 0.151 e. The molecule has 62 valence electrons. The molecule has 0 aliphatic heterocycles. The summed E-state index contributed by atoms with van der Waals surface area (Å²) in [5.74, 6) is 0. The second-order valence-corrected chi connectivity index (χ2v) is 3.17. The highest BCUT2D eigenvalue weighted by Crippen LogP contribution is 2.14. The van der Waals surface area contributed by atoms with Gasteiger partial charge in [0.2, 0.25) is 0 Å². The fourth-order valence-electron chi connectivity index (χ4n) is 0.817. The van der Waals surface area contributed by atoms with E-state index in [0.717, 1.165) is 0 Å². The summed E-state index contributed by atoms with van der Waals surface area (Å²) >= 11 is 7.04. The van der Waals surface area contributed by atoms with Crippen molar-refractivity contribution in [3.05, 3.63) is 11.5 Å². The molecule has 0 N–H and O–H groups in total. The van der Waals surface area contributed by atoms with Crippen LogP contribution in [-0.2, 0) is 0 Å². The summed E-state index contributed by atoms with van der Waals surface area (Å²) in [7, 11) is 0. The van der Waals surface area contributed by atoms with E-state index < -0.39 is 0 Å². The quantitative estimate of drug-likeness (QED) is 0.513. The Bertz CT molecular complexity index is 413. The van der Waals surface area contributed by atoms with Crippen molar-refractivity contribution in [1.29, 1.82) is 0 Å². The van der Waals surface area contributed by atoms with Crippen molar-refractivity contribution in [1.82, 2.24) is 19.9 Å². The van der Waals surface area contributed by atoms with Gasteiger partial charge in [-0.05, 0) is 6.26 Å². The van der Waals surface area contributed by atoms with Crippen molar-refractivity contribution < 1.29 is 0 Å². The highest BCUT2D eigenvalue weighted by atomic mass is 35.5. The molecule has 0 radical (unpaired) electrons. The number of aromatic nitrogens is 4. The summed E-state index contributed by atoms with van der Waals surface area (Å²) in [6.07, 6.45) is 3.47. The van der Waals surface area contributed by atoms with E-state index in [2.05, 4.69) is 19.9 Å². The molecule has 4 nitrogen and oxygen atoms in total. The lowest BCUT2D eigenvalue weighted by atomic mass is 10.6.